The van der Waals surface area contributed by atoms with E-state index in [1.807, 2.05) is 18.0 Å². The molecule has 1 atom stereocenters. The van der Waals surface area contributed by atoms with Crippen molar-refractivity contribution in [3.05, 3.63) is 36.0 Å². The summed E-state index contributed by atoms with van der Waals surface area (Å²) in [5.41, 5.74) is 1.05. The standard InChI is InChI=1S/C12H13NO/c1-8-9-3-5-12(6-4-9)10(8)7-11(14)13(12)2/h3-9H,1-2H3. The number of carbonyl (C=O) groups excluding carboxylic acids is 1. The molecule has 2 bridgehead atoms. The molecule has 4 rings (SSSR count). The normalized spacial score (nSPS) is 43.1. The summed E-state index contributed by atoms with van der Waals surface area (Å²) in [7, 11) is 1.87. The lowest BCUT2D eigenvalue weighted by Crippen LogP contribution is -2.48. The molecule has 0 radical (unpaired) electrons. The van der Waals surface area contributed by atoms with Crippen molar-refractivity contribution in [3.63, 3.8) is 0 Å². The molecule has 1 spiro atoms. The van der Waals surface area contributed by atoms with Gasteiger partial charge >= 0.3 is 0 Å². The van der Waals surface area contributed by atoms with E-state index in [1.54, 1.807) is 0 Å². The highest BCUT2D eigenvalue weighted by atomic mass is 16.2. The lowest BCUT2D eigenvalue weighted by atomic mass is 9.67. The number of rotatable bonds is 0. The van der Waals surface area contributed by atoms with Gasteiger partial charge in [0.15, 0.2) is 0 Å². The van der Waals surface area contributed by atoms with Gasteiger partial charge in [-0.25, -0.2) is 0 Å². The van der Waals surface area contributed by atoms with E-state index in [9.17, 15) is 4.79 Å². The smallest absolute Gasteiger partial charge is 0.247 e. The van der Waals surface area contributed by atoms with E-state index >= 15 is 0 Å². The summed E-state index contributed by atoms with van der Waals surface area (Å²) in [6, 6.07) is 0. The van der Waals surface area contributed by atoms with Crippen LogP contribution in [0, 0.1) is 11.8 Å². The van der Waals surface area contributed by atoms with Crippen molar-refractivity contribution in [2.45, 2.75) is 12.5 Å². The van der Waals surface area contributed by atoms with E-state index in [2.05, 4.69) is 31.2 Å². The Kier molecular flexibility index (Phi) is 1.26. The summed E-state index contributed by atoms with van der Waals surface area (Å²) in [5, 5.41) is 0. The van der Waals surface area contributed by atoms with Crippen LogP contribution in [-0.4, -0.2) is 23.4 Å². The zero-order valence-corrected chi connectivity index (χ0v) is 8.40. The molecule has 1 amide bonds. The van der Waals surface area contributed by atoms with Gasteiger partial charge in [0.05, 0.1) is 0 Å². The van der Waals surface area contributed by atoms with Crippen LogP contribution in [0.1, 0.15) is 6.92 Å². The number of hydrogen-bond acceptors (Lipinski definition) is 1. The predicted molar refractivity (Wildman–Crippen MR) is 54.5 cm³/mol. The Morgan fingerprint density at radius 3 is 2.57 bits per heavy atom. The van der Waals surface area contributed by atoms with E-state index in [-0.39, 0.29) is 11.4 Å². The molecular formula is C12H13NO. The average Bonchev–Trinajstić information content (AvgIpc) is 2.45. The Hall–Kier alpha value is -1.31. The van der Waals surface area contributed by atoms with Gasteiger partial charge in [-0.05, 0) is 11.5 Å². The molecule has 14 heavy (non-hydrogen) atoms. The van der Waals surface area contributed by atoms with Crippen LogP contribution in [0.5, 0.6) is 0 Å². The molecule has 0 aromatic carbocycles. The number of nitrogens with zero attached hydrogens (tertiary/aromatic N) is 1. The molecule has 0 aromatic heterocycles. The highest BCUT2D eigenvalue weighted by Gasteiger charge is 2.49. The minimum absolute atomic E-state index is 0.128. The van der Waals surface area contributed by atoms with Gasteiger partial charge in [-0.15, -0.1) is 0 Å². The second-order valence-electron chi connectivity index (χ2n) is 4.41. The first kappa shape index (κ1) is 8.04. The second-order valence-corrected chi connectivity index (χ2v) is 4.41. The van der Waals surface area contributed by atoms with Gasteiger partial charge in [-0.1, -0.05) is 31.2 Å². The first-order valence-corrected chi connectivity index (χ1v) is 5.04. The molecule has 0 saturated heterocycles. The van der Waals surface area contributed by atoms with Crippen LogP contribution in [-0.2, 0) is 4.79 Å². The van der Waals surface area contributed by atoms with Crippen LogP contribution in [0.25, 0.3) is 0 Å². The molecule has 0 fully saturated rings. The lowest BCUT2D eigenvalue weighted by molar-refractivity contribution is -0.125. The lowest BCUT2D eigenvalue weighted by Gasteiger charge is -2.44. The van der Waals surface area contributed by atoms with Crippen LogP contribution in [0.2, 0.25) is 0 Å². The van der Waals surface area contributed by atoms with Gasteiger partial charge in [0, 0.05) is 19.0 Å². The third-order valence-electron chi connectivity index (χ3n) is 3.84. The molecule has 2 nitrogen and oxygen atoms in total. The van der Waals surface area contributed by atoms with E-state index in [0.717, 1.165) is 0 Å². The quantitative estimate of drug-likeness (QED) is 0.526. The van der Waals surface area contributed by atoms with Gasteiger partial charge < -0.3 is 4.90 Å². The summed E-state index contributed by atoms with van der Waals surface area (Å²) in [6.07, 6.45) is 10.6. The summed E-state index contributed by atoms with van der Waals surface area (Å²) in [4.78, 5) is 13.5. The molecule has 0 aromatic rings. The van der Waals surface area contributed by atoms with Gasteiger partial charge in [0.2, 0.25) is 5.91 Å². The van der Waals surface area contributed by atoms with Gasteiger partial charge in [0.25, 0.3) is 0 Å². The molecule has 1 heterocycles. The maximum atomic E-state index is 11.7. The number of hydrogen-bond donors (Lipinski definition) is 0. The van der Waals surface area contributed by atoms with Crippen molar-refractivity contribution in [1.29, 1.82) is 0 Å². The number of amides is 1. The average molecular weight is 187 g/mol. The molecule has 0 N–H and O–H groups in total. The maximum absolute atomic E-state index is 11.7. The van der Waals surface area contributed by atoms with Crippen molar-refractivity contribution in [2.75, 3.05) is 7.05 Å². The van der Waals surface area contributed by atoms with Crippen LogP contribution in [0.4, 0.5) is 0 Å². The zero-order chi connectivity index (χ0) is 9.92. The Morgan fingerprint density at radius 1 is 1.36 bits per heavy atom. The minimum Gasteiger partial charge on any atom is -0.326 e. The Balaban J connectivity index is 2.25. The Labute approximate surface area is 83.6 Å². The first-order valence-electron chi connectivity index (χ1n) is 5.04. The van der Waals surface area contributed by atoms with Crippen LogP contribution >= 0.6 is 0 Å². The topological polar surface area (TPSA) is 20.3 Å². The monoisotopic (exact) mass is 187 g/mol. The minimum atomic E-state index is -0.217. The maximum Gasteiger partial charge on any atom is 0.247 e. The molecule has 1 unspecified atom stereocenters. The highest BCUT2D eigenvalue weighted by molar-refractivity contribution is 5.94. The van der Waals surface area contributed by atoms with Crippen LogP contribution in [0.15, 0.2) is 36.0 Å². The number of likely N-dealkylation sites (N-methyl/N-ethyl adjacent to an activating group) is 1. The number of allylic oxidation sites excluding steroid dienone is 2. The van der Waals surface area contributed by atoms with Crippen molar-refractivity contribution < 1.29 is 4.79 Å². The summed E-state index contributed by atoms with van der Waals surface area (Å²) < 4.78 is 0. The first-order chi connectivity index (χ1) is 6.65. The van der Waals surface area contributed by atoms with Crippen LogP contribution in [0.3, 0.4) is 0 Å². The molecule has 0 saturated carbocycles. The molecule has 1 aliphatic heterocycles. The van der Waals surface area contributed by atoms with Crippen molar-refractivity contribution in [2.24, 2.45) is 11.8 Å². The van der Waals surface area contributed by atoms with E-state index in [1.165, 1.54) is 5.57 Å². The van der Waals surface area contributed by atoms with Gasteiger partial charge in [-0.2, -0.15) is 0 Å². The summed E-state index contributed by atoms with van der Waals surface area (Å²) in [6.45, 7) is 2.20. The summed E-state index contributed by atoms with van der Waals surface area (Å²) in [5.74, 6) is 1.09. The molecular weight excluding hydrogens is 174 g/mol. The van der Waals surface area contributed by atoms with Crippen molar-refractivity contribution >= 4 is 5.91 Å². The molecule has 72 valence electrons. The fraction of sp³-hybridized carbons (Fsp3) is 0.417. The highest BCUT2D eigenvalue weighted by Crippen LogP contribution is 2.48. The van der Waals surface area contributed by atoms with E-state index in [4.69, 9.17) is 0 Å². The molecule has 2 heteroatoms. The molecule has 3 aliphatic carbocycles. The third kappa shape index (κ3) is 0.671. The Morgan fingerprint density at radius 2 is 2.00 bits per heavy atom. The summed E-state index contributed by atoms with van der Waals surface area (Å²) >= 11 is 0. The number of carbonyl (C=O) groups is 1. The fourth-order valence-electron chi connectivity index (χ4n) is 2.81. The molecule has 4 aliphatic rings. The Bertz CT molecular complexity index is 389. The third-order valence-corrected chi connectivity index (χ3v) is 3.84. The second kappa shape index (κ2) is 2.19. The van der Waals surface area contributed by atoms with Crippen molar-refractivity contribution in [3.8, 4) is 0 Å². The van der Waals surface area contributed by atoms with E-state index < -0.39 is 0 Å². The van der Waals surface area contributed by atoms with E-state index in [0.29, 0.717) is 11.8 Å². The van der Waals surface area contributed by atoms with Gasteiger partial charge in [0.1, 0.15) is 5.54 Å². The zero-order valence-electron chi connectivity index (χ0n) is 8.40. The van der Waals surface area contributed by atoms with Gasteiger partial charge in [-0.3, -0.25) is 4.79 Å². The predicted octanol–water partition coefficient (Wildman–Crippen LogP) is 1.52. The van der Waals surface area contributed by atoms with Crippen molar-refractivity contribution in [1.82, 2.24) is 4.90 Å². The largest absolute Gasteiger partial charge is 0.326 e. The fourth-order valence-corrected chi connectivity index (χ4v) is 2.81. The SMILES string of the molecule is CC1C2=CC(=O)N(C)C23C=CC1C=C3. The van der Waals surface area contributed by atoms with Crippen LogP contribution < -0.4 is 0 Å².